The summed E-state index contributed by atoms with van der Waals surface area (Å²) in [6.45, 7) is 1.22. The number of anilines is 1. The van der Waals surface area contributed by atoms with Gasteiger partial charge in [-0.1, -0.05) is 0 Å². The molecule has 0 bridgehead atoms. The van der Waals surface area contributed by atoms with Crippen LogP contribution in [0.1, 0.15) is 16.7 Å². The van der Waals surface area contributed by atoms with Crippen LogP contribution in [-0.4, -0.2) is 13.2 Å². The number of nitrogen functional groups attached to an aromatic ring is 1. The quantitative estimate of drug-likeness (QED) is 0.637. The van der Waals surface area contributed by atoms with Gasteiger partial charge in [-0.25, -0.2) is 0 Å². The van der Waals surface area contributed by atoms with Gasteiger partial charge in [0.15, 0.2) is 0 Å². The lowest BCUT2D eigenvalue weighted by molar-refractivity contribution is 0.355. The predicted octanol–water partition coefficient (Wildman–Crippen LogP) is 1.01. The van der Waals surface area contributed by atoms with Crippen LogP contribution in [0, 0.1) is 11.3 Å². The van der Waals surface area contributed by atoms with E-state index in [1.807, 2.05) is 0 Å². The van der Waals surface area contributed by atoms with Gasteiger partial charge in [0.2, 0.25) is 0 Å². The Balaban J connectivity index is 2.37. The Morgan fingerprint density at radius 3 is 2.47 bits per heavy atom. The molecular formula is C11H10N2O2. The van der Waals surface area contributed by atoms with E-state index in [4.69, 9.17) is 20.5 Å². The Kier molecular flexibility index (Phi) is 1.57. The van der Waals surface area contributed by atoms with Gasteiger partial charge in [0.25, 0.3) is 0 Å². The van der Waals surface area contributed by atoms with Crippen molar-refractivity contribution in [3.8, 4) is 17.6 Å². The molecule has 4 heteroatoms. The van der Waals surface area contributed by atoms with Gasteiger partial charge >= 0.3 is 0 Å². The molecule has 0 spiro atoms. The van der Waals surface area contributed by atoms with Crippen LogP contribution in [0.5, 0.6) is 11.5 Å². The highest BCUT2D eigenvalue weighted by atomic mass is 16.5. The fourth-order valence-corrected chi connectivity index (χ4v) is 2.26. The molecule has 0 radical (unpaired) electrons. The number of fused-ring (bicyclic) bond motifs is 2. The van der Waals surface area contributed by atoms with E-state index in [2.05, 4.69) is 6.07 Å². The van der Waals surface area contributed by atoms with Crippen molar-refractivity contribution in [2.45, 2.75) is 12.8 Å². The second-order valence-corrected chi connectivity index (χ2v) is 3.71. The zero-order chi connectivity index (χ0) is 10.4. The van der Waals surface area contributed by atoms with Gasteiger partial charge in [-0.3, -0.25) is 0 Å². The number of hydrogen-bond acceptors (Lipinski definition) is 4. The maximum absolute atomic E-state index is 9.13. The number of hydrogen-bond donors (Lipinski definition) is 1. The maximum Gasteiger partial charge on any atom is 0.147 e. The molecule has 1 aromatic rings. The fourth-order valence-electron chi connectivity index (χ4n) is 2.26. The van der Waals surface area contributed by atoms with Crippen molar-refractivity contribution in [3.05, 3.63) is 16.7 Å². The molecule has 2 aliphatic rings. The summed E-state index contributed by atoms with van der Waals surface area (Å²) >= 11 is 0. The third kappa shape index (κ3) is 0.949. The number of nitriles is 1. The lowest BCUT2D eigenvalue weighted by Gasteiger charge is -2.10. The minimum atomic E-state index is 0.608. The van der Waals surface area contributed by atoms with Gasteiger partial charge in [0.1, 0.15) is 23.1 Å². The Morgan fingerprint density at radius 2 is 1.73 bits per heavy atom. The molecule has 0 aromatic heterocycles. The van der Waals surface area contributed by atoms with Crippen LogP contribution in [0.2, 0.25) is 0 Å². The van der Waals surface area contributed by atoms with Gasteiger partial charge < -0.3 is 15.2 Å². The SMILES string of the molecule is N#Cc1c2c(c(N)c3c1OCC3)OCC2. The van der Waals surface area contributed by atoms with E-state index in [0.717, 1.165) is 24.0 Å². The van der Waals surface area contributed by atoms with E-state index in [9.17, 15) is 0 Å². The first-order valence-corrected chi connectivity index (χ1v) is 4.95. The van der Waals surface area contributed by atoms with Crippen LogP contribution in [-0.2, 0) is 12.8 Å². The fraction of sp³-hybridized carbons (Fsp3) is 0.364. The third-order valence-corrected chi connectivity index (χ3v) is 2.96. The molecule has 76 valence electrons. The van der Waals surface area contributed by atoms with Crippen LogP contribution in [0.4, 0.5) is 5.69 Å². The first-order chi connectivity index (χ1) is 7.33. The molecule has 0 aliphatic carbocycles. The monoisotopic (exact) mass is 202 g/mol. The molecule has 2 heterocycles. The average Bonchev–Trinajstić information content (AvgIpc) is 2.85. The van der Waals surface area contributed by atoms with E-state index in [1.54, 1.807) is 0 Å². The molecule has 4 nitrogen and oxygen atoms in total. The molecule has 1 aromatic carbocycles. The highest BCUT2D eigenvalue weighted by molar-refractivity contribution is 5.74. The molecule has 15 heavy (non-hydrogen) atoms. The number of benzene rings is 1. The van der Waals surface area contributed by atoms with Crippen molar-refractivity contribution in [3.63, 3.8) is 0 Å². The number of rotatable bonds is 0. The van der Waals surface area contributed by atoms with Crippen molar-refractivity contribution in [1.82, 2.24) is 0 Å². The molecular weight excluding hydrogens is 192 g/mol. The largest absolute Gasteiger partial charge is 0.491 e. The summed E-state index contributed by atoms with van der Waals surface area (Å²) in [5.74, 6) is 1.38. The van der Waals surface area contributed by atoms with Crippen LogP contribution in [0.3, 0.4) is 0 Å². The van der Waals surface area contributed by atoms with Gasteiger partial charge in [-0.15, -0.1) is 0 Å². The highest BCUT2D eigenvalue weighted by Gasteiger charge is 2.30. The van der Waals surface area contributed by atoms with E-state index in [0.29, 0.717) is 36.0 Å². The minimum absolute atomic E-state index is 0.608. The Labute approximate surface area is 87.2 Å². The van der Waals surface area contributed by atoms with Crippen LogP contribution < -0.4 is 15.2 Å². The number of nitrogens with two attached hydrogens (primary N) is 1. The first kappa shape index (κ1) is 8.42. The minimum Gasteiger partial charge on any atom is -0.491 e. The summed E-state index contributed by atoms with van der Waals surface area (Å²) in [5.41, 5.74) is 9.12. The van der Waals surface area contributed by atoms with Crippen LogP contribution in [0.15, 0.2) is 0 Å². The molecule has 2 aliphatic heterocycles. The van der Waals surface area contributed by atoms with Crippen molar-refractivity contribution >= 4 is 5.69 Å². The van der Waals surface area contributed by atoms with E-state index < -0.39 is 0 Å². The molecule has 2 N–H and O–H groups in total. The molecule has 0 fully saturated rings. The van der Waals surface area contributed by atoms with Gasteiger partial charge in [-0.2, -0.15) is 5.26 Å². The Morgan fingerprint density at radius 1 is 1.07 bits per heavy atom. The third-order valence-electron chi connectivity index (χ3n) is 2.96. The summed E-state index contributed by atoms with van der Waals surface area (Å²) in [6, 6.07) is 2.19. The average molecular weight is 202 g/mol. The van der Waals surface area contributed by atoms with Crippen molar-refractivity contribution in [2.24, 2.45) is 0 Å². The van der Waals surface area contributed by atoms with Gasteiger partial charge in [0.05, 0.1) is 18.9 Å². The number of ether oxygens (including phenoxy) is 2. The molecule has 0 saturated carbocycles. The second kappa shape index (κ2) is 2.80. The molecule has 0 amide bonds. The van der Waals surface area contributed by atoms with E-state index in [-0.39, 0.29) is 0 Å². The molecule has 0 unspecified atom stereocenters. The standard InChI is InChI=1S/C11H10N2O2/c12-5-8-6-1-3-15-11(6)9(13)7-2-4-14-10(7)8/h1-4,13H2. The maximum atomic E-state index is 9.13. The predicted molar refractivity (Wildman–Crippen MR) is 54.0 cm³/mol. The smallest absolute Gasteiger partial charge is 0.147 e. The topological polar surface area (TPSA) is 68.3 Å². The summed E-state index contributed by atoms with van der Waals surface area (Å²) in [4.78, 5) is 0. The molecule has 0 saturated heterocycles. The van der Waals surface area contributed by atoms with E-state index >= 15 is 0 Å². The lowest BCUT2D eigenvalue weighted by atomic mass is 9.98. The second-order valence-electron chi connectivity index (χ2n) is 3.71. The van der Waals surface area contributed by atoms with Crippen molar-refractivity contribution < 1.29 is 9.47 Å². The van der Waals surface area contributed by atoms with Crippen molar-refractivity contribution in [1.29, 1.82) is 5.26 Å². The first-order valence-electron chi connectivity index (χ1n) is 4.95. The van der Waals surface area contributed by atoms with Crippen LogP contribution >= 0.6 is 0 Å². The zero-order valence-corrected chi connectivity index (χ0v) is 8.17. The summed E-state index contributed by atoms with van der Waals surface area (Å²) in [6.07, 6.45) is 1.52. The van der Waals surface area contributed by atoms with Crippen molar-refractivity contribution in [2.75, 3.05) is 18.9 Å². The molecule has 0 atom stereocenters. The number of nitrogens with zero attached hydrogens (tertiary/aromatic N) is 1. The lowest BCUT2D eigenvalue weighted by Crippen LogP contribution is -1.98. The normalized spacial score (nSPS) is 16.2. The summed E-state index contributed by atoms with van der Waals surface area (Å²) in [5, 5.41) is 9.13. The van der Waals surface area contributed by atoms with Gasteiger partial charge in [-0.05, 0) is 0 Å². The molecule has 3 rings (SSSR count). The van der Waals surface area contributed by atoms with E-state index in [1.165, 1.54) is 0 Å². The van der Waals surface area contributed by atoms with Crippen LogP contribution in [0.25, 0.3) is 0 Å². The Hall–Kier alpha value is -1.89. The summed E-state index contributed by atoms with van der Waals surface area (Å²) < 4.78 is 10.9. The summed E-state index contributed by atoms with van der Waals surface area (Å²) in [7, 11) is 0. The highest BCUT2D eigenvalue weighted by Crippen LogP contribution is 2.45. The zero-order valence-electron chi connectivity index (χ0n) is 8.17. The van der Waals surface area contributed by atoms with Gasteiger partial charge in [0, 0.05) is 24.0 Å². The Bertz CT molecular complexity index is 453.